The van der Waals surface area contributed by atoms with Gasteiger partial charge in [-0.05, 0) is 41.0 Å². The van der Waals surface area contributed by atoms with Gasteiger partial charge in [-0.3, -0.25) is 4.79 Å². The molecule has 27 heavy (non-hydrogen) atoms. The number of carbonyl (C=O) groups excluding carboxylic acids is 1. The zero-order valence-corrected chi connectivity index (χ0v) is 15.7. The number of ether oxygens (including phenoxy) is 5. The van der Waals surface area contributed by atoms with E-state index in [0.29, 0.717) is 35.3 Å². The van der Waals surface area contributed by atoms with Gasteiger partial charge < -0.3 is 28.6 Å². The summed E-state index contributed by atoms with van der Waals surface area (Å²) in [6.07, 6.45) is 0. The molecule has 0 spiro atoms. The summed E-state index contributed by atoms with van der Waals surface area (Å²) in [6, 6.07) is 7.48. The van der Waals surface area contributed by atoms with Crippen molar-refractivity contribution >= 4 is 5.91 Å². The number of hydrogen-bond acceptors (Lipinski definition) is 6. The molecular weight excluding hydrogens is 350 g/mol. The van der Waals surface area contributed by atoms with Gasteiger partial charge in [0.1, 0.15) is 0 Å². The summed E-state index contributed by atoms with van der Waals surface area (Å²) in [5, 5.41) is 0. The second kappa shape index (κ2) is 6.57. The van der Waals surface area contributed by atoms with Gasteiger partial charge in [0.05, 0.1) is 27.2 Å². The predicted molar refractivity (Wildman–Crippen MR) is 97.0 cm³/mol. The molecule has 142 valence electrons. The molecular formula is C20H21NO6. The first-order valence-electron chi connectivity index (χ1n) is 8.54. The largest absolute Gasteiger partial charge is 0.493 e. The molecule has 0 saturated heterocycles. The Kier molecular flexibility index (Phi) is 4.22. The van der Waals surface area contributed by atoms with Crippen LogP contribution < -0.4 is 23.7 Å². The van der Waals surface area contributed by atoms with Crippen LogP contribution in [-0.4, -0.2) is 46.0 Å². The summed E-state index contributed by atoms with van der Waals surface area (Å²) in [7, 11) is 6.46. The van der Waals surface area contributed by atoms with E-state index in [4.69, 9.17) is 23.7 Å². The summed E-state index contributed by atoms with van der Waals surface area (Å²) < 4.78 is 27.3. The molecule has 0 bridgehead atoms. The Morgan fingerprint density at radius 1 is 0.963 bits per heavy atom. The monoisotopic (exact) mass is 371 g/mol. The van der Waals surface area contributed by atoms with Gasteiger partial charge in [0, 0.05) is 13.6 Å². The van der Waals surface area contributed by atoms with Gasteiger partial charge in [0.25, 0.3) is 0 Å². The molecule has 2 aromatic carbocycles. The summed E-state index contributed by atoms with van der Waals surface area (Å²) >= 11 is 0. The first-order valence-corrected chi connectivity index (χ1v) is 8.54. The zero-order chi connectivity index (χ0) is 19.1. The molecule has 2 aliphatic rings. The van der Waals surface area contributed by atoms with E-state index in [1.807, 2.05) is 24.3 Å². The molecule has 0 saturated carbocycles. The van der Waals surface area contributed by atoms with Crippen molar-refractivity contribution in [1.29, 1.82) is 0 Å². The number of nitrogens with zero attached hydrogens (tertiary/aromatic N) is 1. The lowest BCUT2D eigenvalue weighted by atomic mass is 9.83. The summed E-state index contributed by atoms with van der Waals surface area (Å²) in [4.78, 5) is 14.8. The molecule has 7 heteroatoms. The number of fused-ring (bicyclic) bond motifs is 2. The van der Waals surface area contributed by atoms with Gasteiger partial charge in [0.2, 0.25) is 18.4 Å². The van der Waals surface area contributed by atoms with E-state index in [1.54, 1.807) is 33.3 Å². The fourth-order valence-corrected chi connectivity index (χ4v) is 3.68. The van der Waals surface area contributed by atoms with E-state index in [-0.39, 0.29) is 12.7 Å². The molecule has 0 radical (unpaired) electrons. The van der Waals surface area contributed by atoms with E-state index in [1.165, 1.54) is 0 Å². The highest BCUT2D eigenvalue weighted by molar-refractivity contribution is 5.90. The topological polar surface area (TPSA) is 66.5 Å². The molecule has 2 aromatic rings. The van der Waals surface area contributed by atoms with Gasteiger partial charge >= 0.3 is 0 Å². The highest BCUT2D eigenvalue weighted by Gasteiger charge is 2.35. The fourth-order valence-electron chi connectivity index (χ4n) is 3.68. The molecule has 0 fully saturated rings. The first-order chi connectivity index (χ1) is 13.1. The molecule has 1 atom stereocenters. The molecule has 0 aromatic heterocycles. The van der Waals surface area contributed by atoms with Crippen LogP contribution in [0.3, 0.4) is 0 Å². The van der Waals surface area contributed by atoms with Crippen LogP contribution >= 0.6 is 0 Å². The molecule has 1 amide bonds. The molecule has 1 unspecified atom stereocenters. The van der Waals surface area contributed by atoms with E-state index < -0.39 is 5.92 Å². The van der Waals surface area contributed by atoms with E-state index >= 15 is 0 Å². The summed E-state index contributed by atoms with van der Waals surface area (Å²) in [6.45, 7) is 0.711. The van der Waals surface area contributed by atoms with Crippen LogP contribution in [0.25, 0.3) is 0 Å². The van der Waals surface area contributed by atoms with Crippen molar-refractivity contribution in [2.24, 2.45) is 0 Å². The lowest BCUT2D eigenvalue weighted by Gasteiger charge is -2.32. The highest BCUT2D eigenvalue weighted by Crippen LogP contribution is 2.46. The number of benzene rings is 2. The Labute approximate surface area is 157 Å². The van der Waals surface area contributed by atoms with Gasteiger partial charge in [0.15, 0.2) is 23.0 Å². The fraction of sp³-hybridized carbons (Fsp3) is 0.350. The predicted octanol–water partition coefficient (Wildman–Crippen LogP) is 2.55. The maximum absolute atomic E-state index is 13.1. The zero-order valence-electron chi connectivity index (χ0n) is 15.7. The Bertz CT molecular complexity index is 885. The number of rotatable bonds is 4. The average molecular weight is 371 g/mol. The standard InChI is InChI=1S/C20H21NO6/c1-21-9-12-7-14-15(27-10-26-14)8-13(12)18(20(21)22)11-5-16(23-2)19(25-4)17(6-11)24-3/h5-8,18H,9-10H2,1-4H3. The third kappa shape index (κ3) is 2.70. The van der Waals surface area contributed by atoms with Crippen LogP contribution in [0, 0.1) is 0 Å². The van der Waals surface area contributed by atoms with Crippen molar-refractivity contribution in [2.45, 2.75) is 12.5 Å². The molecule has 2 heterocycles. The van der Waals surface area contributed by atoms with Crippen molar-refractivity contribution in [3.05, 3.63) is 41.0 Å². The third-order valence-electron chi connectivity index (χ3n) is 5.00. The van der Waals surface area contributed by atoms with E-state index in [2.05, 4.69) is 0 Å². The molecule has 7 nitrogen and oxygen atoms in total. The van der Waals surface area contributed by atoms with Crippen molar-refractivity contribution in [3.63, 3.8) is 0 Å². The number of amides is 1. The minimum absolute atomic E-state index is 0.00404. The minimum atomic E-state index is -0.498. The van der Waals surface area contributed by atoms with Gasteiger partial charge in [-0.2, -0.15) is 0 Å². The summed E-state index contributed by atoms with van der Waals surface area (Å²) in [5.74, 6) is 2.37. The van der Waals surface area contributed by atoms with Gasteiger partial charge in [-0.1, -0.05) is 0 Å². The van der Waals surface area contributed by atoms with Gasteiger partial charge in [-0.25, -0.2) is 0 Å². The normalized spacial score (nSPS) is 17.6. The number of carbonyl (C=O) groups is 1. The quantitative estimate of drug-likeness (QED) is 0.823. The maximum atomic E-state index is 13.1. The molecule has 0 aliphatic carbocycles. The SMILES string of the molecule is COc1cc(C2C(=O)N(C)Cc3cc4c(cc32)OCO4)cc(OC)c1OC. The second-order valence-corrected chi connectivity index (χ2v) is 6.49. The summed E-state index contributed by atoms with van der Waals surface area (Å²) in [5.41, 5.74) is 2.69. The maximum Gasteiger partial charge on any atom is 0.234 e. The molecule has 4 rings (SSSR count). The number of hydrogen-bond donors (Lipinski definition) is 0. The van der Waals surface area contributed by atoms with Crippen molar-refractivity contribution < 1.29 is 28.5 Å². The van der Waals surface area contributed by atoms with E-state index in [9.17, 15) is 4.79 Å². The highest BCUT2D eigenvalue weighted by atomic mass is 16.7. The van der Waals surface area contributed by atoms with Crippen LogP contribution in [0.2, 0.25) is 0 Å². The molecule has 0 N–H and O–H groups in total. The molecule has 2 aliphatic heterocycles. The second-order valence-electron chi connectivity index (χ2n) is 6.49. The lowest BCUT2D eigenvalue weighted by molar-refractivity contribution is -0.131. The Balaban J connectivity index is 1.90. The van der Waals surface area contributed by atoms with Crippen LogP contribution in [0.1, 0.15) is 22.6 Å². The number of methoxy groups -OCH3 is 3. The first kappa shape index (κ1) is 17.3. The van der Waals surface area contributed by atoms with Crippen molar-refractivity contribution in [3.8, 4) is 28.7 Å². The third-order valence-corrected chi connectivity index (χ3v) is 5.00. The van der Waals surface area contributed by atoms with Crippen molar-refractivity contribution in [1.82, 2.24) is 4.90 Å². The van der Waals surface area contributed by atoms with Crippen molar-refractivity contribution in [2.75, 3.05) is 35.2 Å². The Hall–Kier alpha value is -3.09. The average Bonchev–Trinajstić information content (AvgIpc) is 3.13. The Morgan fingerprint density at radius 3 is 2.19 bits per heavy atom. The minimum Gasteiger partial charge on any atom is -0.493 e. The lowest BCUT2D eigenvalue weighted by Crippen LogP contribution is -2.37. The van der Waals surface area contributed by atoms with Crippen LogP contribution in [0.4, 0.5) is 0 Å². The van der Waals surface area contributed by atoms with Crippen LogP contribution in [0.5, 0.6) is 28.7 Å². The Morgan fingerprint density at radius 2 is 1.59 bits per heavy atom. The van der Waals surface area contributed by atoms with Crippen LogP contribution in [-0.2, 0) is 11.3 Å². The number of likely N-dealkylation sites (N-methyl/N-ethyl adjacent to an activating group) is 1. The van der Waals surface area contributed by atoms with Crippen LogP contribution in [0.15, 0.2) is 24.3 Å². The van der Waals surface area contributed by atoms with Gasteiger partial charge in [-0.15, -0.1) is 0 Å². The van der Waals surface area contributed by atoms with E-state index in [0.717, 1.165) is 16.7 Å². The smallest absolute Gasteiger partial charge is 0.234 e.